The smallest absolute Gasteiger partial charge is 0.337 e. The number of carboxylic acids is 1. The van der Waals surface area contributed by atoms with Crippen molar-refractivity contribution < 1.29 is 19.4 Å². The average molecular weight is 445 g/mol. The Labute approximate surface area is 193 Å². The predicted octanol–water partition coefficient (Wildman–Crippen LogP) is 4.86. The first kappa shape index (κ1) is 22.4. The van der Waals surface area contributed by atoms with Gasteiger partial charge in [0.1, 0.15) is 5.75 Å². The van der Waals surface area contributed by atoms with E-state index in [0.29, 0.717) is 11.7 Å². The Balaban J connectivity index is 1.36. The molecule has 0 spiro atoms. The third-order valence-electron chi connectivity index (χ3n) is 5.97. The summed E-state index contributed by atoms with van der Waals surface area (Å²) in [6, 6.07) is 24.7. The number of anilines is 2. The Morgan fingerprint density at radius 1 is 0.939 bits per heavy atom. The summed E-state index contributed by atoms with van der Waals surface area (Å²) in [6.45, 7) is 1.57. The van der Waals surface area contributed by atoms with Gasteiger partial charge in [0.05, 0.1) is 11.3 Å². The molecule has 0 aromatic heterocycles. The summed E-state index contributed by atoms with van der Waals surface area (Å²) in [6.07, 6.45) is 3.20. The highest BCUT2D eigenvalue weighted by Gasteiger charge is 2.22. The van der Waals surface area contributed by atoms with Gasteiger partial charge in [-0.1, -0.05) is 48.5 Å². The van der Waals surface area contributed by atoms with Crippen LogP contribution in [0.2, 0.25) is 0 Å². The predicted molar refractivity (Wildman–Crippen MR) is 129 cm³/mol. The van der Waals surface area contributed by atoms with Gasteiger partial charge in [-0.15, -0.1) is 0 Å². The number of hydrogen-bond donors (Lipinski definition) is 2. The number of para-hydroxylation sites is 1. The van der Waals surface area contributed by atoms with Crippen LogP contribution in [0.3, 0.4) is 0 Å². The van der Waals surface area contributed by atoms with Crippen LogP contribution in [-0.2, 0) is 11.2 Å². The van der Waals surface area contributed by atoms with Gasteiger partial charge in [-0.25, -0.2) is 4.79 Å². The fourth-order valence-electron chi connectivity index (χ4n) is 4.21. The summed E-state index contributed by atoms with van der Waals surface area (Å²) in [5.74, 6) is -0.270. The number of nitrogens with one attached hydrogen (secondary N) is 1. The zero-order chi connectivity index (χ0) is 23.0. The number of ether oxygens (including phenoxy) is 1. The van der Waals surface area contributed by atoms with Crippen LogP contribution in [0, 0.1) is 5.92 Å². The molecule has 33 heavy (non-hydrogen) atoms. The third-order valence-corrected chi connectivity index (χ3v) is 5.97. The lowest BCUT2D eigenvalue weighted by Crippen LogP contribution is -2.34. The van der Waals surface area contributed by atoms with Crippen LogP contribution in [0.25, 0.3) is 0 Å². The largest absolute Gasteiger partial charge is 0.484 e. The molecule has 1 heterocycles. The number of amides is 1. The van der Waals surface area contributed by atoms with Crippen LogP contribution >= 0.6 is 0 Å². The monoisotopic (exact) mass is 444 g/mol. The summed E-state index contributed by atoms with van der Waals surface area (Å²) in [5, 5.41) is 12.4. The van der Waals surface area contributed by atoms with E-state index < -0.39 is 11.9 Å². The van der Waals surface area contributed by atoms with Gasteiger partial charge in [-0.3, -0.25) is 4.79 Å². The second-order valence-electron chi connectivity index (χ2n) is 8.31. The van der Waals surface area contributed by atoms with Gasteiger partial charge >= 0.3 is 5.97 Å². The lowest BCUT2D eigenvalue weighted by molar-refractivity contribution is -0.118. The summed E-state index contributed by atoms with van der Waals surface area (Å²) in [7, 11) is 0. The molecule has 1 saturated heterocycles. The van der Waals surface area contributed by atoms with Crippen molar-refractivity contribution in [3.05, 3.63) is 90.0 Å². The van der Waals surface area contributed by atoms with E-state index in [1.165, 1.54) is 5.56 Å². The van der Waals surface area contributed by atoms with Gasteiger partial charge in [0, 0.05) is 18.8 Å². The summed E-state index contributed by atoms with van der Waals surface area (Å²) in [4.78, 5) is 26.4. The fourth-order valence-corrected chi connectivity index (χ4v) is 4.21. The molecule has 170 valence electrons. The number of benzene rings is 3. The Morgan fingerprint density at radius 3 is 2.27 bits per heavy atom. The van der Waals surface area contributed by atoms with E-state index in [2.05, 4.69) is 34.5 Å². The Hall–Kier alpha value is -3.80. The standard InChI is InChI=1S/C27H28N2O4/c30-26(19-33-23-9-5-2-6-10-23)28-25-12-11-22(18-24(25)27(31)32)29-15-13-21(14-16-29)17-20-7-3-1-4-8-20/h1-12,18,21H,13-17,19H2,(H,28,30)(H,31,32). The lowest BCUT2D eigenvalue weighted by Gasteiger charge is -2.34. The van der Waals surface area contributed by atoms with Crippen LogP contribution in [0.1, 0.15) is 28.8 Å². The normalized spacial score (nSPS) is 14.0. The minimum atomic E-state index is -1.07. The summed E-state index contributed by atoms with van der Waals surface area (Å²) in [5.41, 5.74) is 2.57. The maximum absolute atomic E-state index is 12.3. The molecule has 0 bridgehead atoms. The molecule has 1 aliphatic heterocycles. The third kappa shape index (κ3) is 6.13. The van der Waals surface area contributed by atoms with Crippen molar-refractivity contribution in [1.29, 1.82) is 0 Å². The van der Waals surface area contributed by atoms with E-state index in [0.717, 1.165) is 38.0 Å². The van der Waals surface area contributed by atoms with Gasteiger partial charge in [-0.2, -0.15) is 0 Å². The fraction of sp³-hybridized carbons (Fsp3) is 0.259. The molecule has 6 heteroatoms. The molecular formula is C27H28N2O4. The van der Waals surface area contributed by atoms with Gasteiger partial charge in [0.2, 0.25) is 0 Å². The van der Waals surface area contributed by atoms with Crippen molar-refractivity contribution in [3.63, 3.8) is 0 Å². The number of carbonyl (C=O) groups is 2. The number of carboxylic acid groups (broad SMARTS) is 1. The van der Waals surface area contributed by atoms with E-state index in [-0.39, 0.29) is 17.9 Å². The zero-order valence-corrected chi connectivity index (χ0v) is 18.4. The van der Waals surface area contributed by atoms with E-state index in [1.54, 1.807) is 24.3 Å². The van der Waals surface area contributed by atoms with E-state index in [9.17, 15) is 14.7 Å². The second-order valence-corrected chi connectivity index (χ2v) is 8.31. The van der Waals surface area contributed by atoms with E-state index >= 15 is 0 Å². The molecule has 3 aromatic carbocycles. The number of aromatic carboxylic acids is 1. The Kier molecular flexibility index (Phi) is 7.25. The first-order valence-electron chi connectivity index (χ1n) is 11.2. The molecule has 2 N–H and O–H groups in total. The topological polar surface area (TPSA) is 78.9 Å². The van der Waals surface area contributed by atoms with Crippen molar-refractivity contribution >= 4 is 23.3 Å². The number of piperidine rings is 1. The zero-order valence-electron chi connectivity index (χ0n) is 18.4. The molecule has 0 atom stereocenters. The molecule has 3 aromatic rings. The van der Waals surface area contributed by atoms with Crippen LogP contribution in [0.5, 0.6) is 5.75 Å². The highest BCUT2D eigenvalue weighted by Crippen LogP contribution is 2.29. The van der Waals surface area contributed by atoms with Gasteiger partial charge in [-0.05, 0) is 61.1 Å². The van der Waals surface area contributed by atoms with Crippen LogP contribution in [-0.4, -0.2) is 36.7 Å². The lowest BCUT2D eigenvalue weighted by atomic mass is 9.90. The molecule has 6 nitrogen and oxygen atoms in total. The average Bonchev–Trinajstić information content (AvgIpc) is 2.85. The second kappa shape index (κ2) is 10.7. The summed E-state index contributed by atoms with van der Waals surface area (Å²) < 4.78 is 5.44. The number of hydrogen-bond acceptors (Lipinski definition) is 4. The first-order valence-corrected chi connectivity index (χ1v) is 11.2. The van der Waals surface area contributed by atoms with Crippen LogP contribution in [0.15, 0.2) is 78.9 Å². The van der Waals surface area contributed by atoms with Crippen molar-refractivity contribution in [2.24, 2.45) is 5.92 Å². The van der Waals surface area contributed by atoms with Crippen molar-refractivity contribution in [2.75, 3.05) is 29.9 Å². The molecule has 1 amide bonds. The molecule has 0 saturated carbocycles. The van der Waals surface area contributed by atoms with Crippen LogP contribution < -0.4 is 15.0 Å². The molecular weight excluding hydrogens is 416 g/mol. The minimum Gasteiger partial charge on any atom is -0.484 e. The highest BCUT2D eigenvalue weighted by atomic mass is 16.5. The van der Waals surface area contributed by atoms with Crippen molar-refractivity contribution in [1.82, 2.24) is 0 Å². The van der Waals surface area contributed by atoms with Gasteiger partial charge in [0.25, 0.3) is 5.91 Å². The SMILES string of the molecule is O=C(COc1ccccc1)Nc1ccc(N2CCC(Cc3ccccc3)CC2)cc1C(=O)O. The molecule has 1 aliphatic rings. The Bertz CT molecular complexity index is 1080. The quantitative estimate of drug-likeness (QED) is 0.519. The molecule has 0 unspecified atom stereocenters. The van der Waals surface area contributed by atoms with Crippen molar-refractivity contribution in [3.8, 4) is 5.75 Å². The van der Waals surface area contributed by atoms with E-state index in [1.807, 2.05) is 30.3 Å². The Morgan fingerprint density at radius 2 is 1.61 bits per heavy atom. The van der Waals surface area contributed by atoms with E-state index in [4.69, 9.17) is 4.74 Å². The van der Waals surface area contributed by atoms with Gasteiger partial charge in [0.15, 0.2) is 6.61 Å². The first-order chi connectivity index (χ1) is 16.1. The molecule has 0 aliphatic carbocycles. The minimum absolute atomic E-state index is 0.0759. The molecule has 4 rings (SSSR count). The summed E-state index contributed by atoms with van der Waals surface area (Å²) >= 11 is 0. The maximum atomic E-state index is 12.3. The van der Waals surface area contributed by atoms with Crippen LogP contribution in [0.4, 0.5) is 11.4 Å². The number of rotatable bonds is 8. The molecule has 0 radical (unpaired) electrons. The number of carbonyl (C=O) groups excluding carboxylic acids is 1. The number of nitrogens with zero attached hydrogens (tertiary/aromatic N) is 1. The molecule has 1 fully saturated rings. The van der Waals surface area contributed by atoms with Crippen molar-refractivity contribution in [2.45, 2.75) is 19.3 Å². The maximum Gasteiger partial charge on any atom is 0.337 e. The highest BCUT2D eigenvalue weighted by molar-refractivity contribution is 6.01. The van der Waals surface area contributed by atoms with Gasteiger partial charge < -0.3 is 20.1 Å².